The van der Waals surface area contributed by atoms with Crippen LogP contribution in [0, 0.1) is 0 Å². The molecule has 1 heterocycles. The highest BCUT2D eigenvalue weighted by Gasteiger charge is 2.19. The zero-order chi connectivity index (χ0) is 10.9. The van der Waals surface area contributed by atoms with Crippen LogP contribution in [0.25, 0.3) is 0 Å². The number of hydrogen-bond acceptors (Lipinski definition) is 2. The highest BCUT2D eigenvalue weighted by atomic mass is 16.6. The molecule has 0 unspecified atom stereocenters. The average Bonchev–Trinajstić information content (AvgIpc) is 2.30. The topological polar surface area (TPSA) is 42.3 Å². The summed E-state index contributed by atoms with van der Waals surface area (Å²) in [6, 6.07) is 0. The van der Waals surface area contributed by atoms with Gasteiger partial charge in [-0.1, -0.05) is 26.2 Å². The number of ether oxygens (including phenoxy) is 2. The Balaban J connectivity index is 2.02. The zero-order valence-corrected chi connectivity index (χ0v) is 9.57. The van der Waals surface area contributed by atoms with Crippen molar-refractivity contribution >= 4 is 6.09 Å². The van der Waals surface area contributed by atoms with Gasteiger partial charge in [-0.2, -0.15) is 0 Å². The maximum Gasteiger partial charge on any atom is 0.410 e. The molecular weight excluding hydrogens is 194 g/mol. The van der Waals surface area contributed by atoms with Crippen LogP contribution >= 0.6 is 0 Å². The Hall–Kier alpha value is -0.770. The lowest BCUT2D eigenvalue weighted by Crippen LogP contribution is -2.42. The van der Waals surface area contributed by atoms with E-state index < -0.39 is 0 Å². The summed E-state index contributed by atoms with van der Waals surface area (Å²) in [4.78, 5) is 13.2. The largest absolute Gasteiger partial charge is 0.449 e. The molecule has 0 aromatic rings. The Morgan fingerprint density at radius 3 is 2.67 bits per heavy atom. The van der Waals surface area contributed by atoms with Gasteiger partial charge in [0.15, 0.2) is 13.2 Å². The van der Waals surface area contributed by atoms with Crippen molar-refractivity contribution in [3.05, 3.63) is 0 Å². The van der Waals surface area contributed by atoms with E-state index in [1.807, 2.05) is 0 Å². The van der Waals surface area contributed by atoms with E-state index in [-0.39, 0.29) is 6.09 Å². The van der Waals surface area contributed by atoms with Crippen LogP contribution in [0.4, 0.5) is 4.79 Å². The maximum atomic E-state index is 11.5. The smallest absolute Gasteiger partial charge is 0.410 e. The van der Waals surface area contributed by atoms with E-state index >= 15 is 0 Å². The highest BCUT2D eigenvalue weighted by molar-refractivity contribution is 5.67. The fourth-order valence-corrected chi connectivity index (χ4v) is 1.57. The van der Waals surface area contributed by atoms with Gasteiger partial charge in [0.25, 0.3) is 0 Å². The molecule has 1 rings (SSSR count). The van der Waals surface area contributed by atoms with Gasteiger partial charge in [0.05, 0.1) is 19.7 Å². The van der Waals surface area contributed by atoms with Crippen LogP contribution < -0.4 is 0 Å². The number of amides is 1. The predicted molar refractivity (Wildman–Crippen MR) is 59.0 cm³/mol. The second kappa shape index (κ2) is 7.51. The van der Waals surface area contributed by atoms with Crippen molar-refractivity contribution < 1.29 is 14.3 Å². The first kappa shape index (κ1) is 12.3. The zero-order valence-electron chi connectivity index (χ0n) is 9.57. The van der Waals surface area contributed by atoms with Crippen molar-refractivity contribution in [3.63, 3.8) is 0 Å². The molecule has 0 bridgehead atoms. The number of carbonyl (C=O) groups excluding carboxylic acids is 1. The van der Waals surface area contributed by atoms with Crippen LogP contribution in [-0.2, 0) is 4.74 Å². The molecule has 1 fully saturated rings. The molecular formula is C11H22NO3+. The third kappa shape index (κ3) is 5.02. The quantitative estimate of drug-likeness (QED) is 0.517. The molecule has 0 aliphatic carbocycles. The first-order valence-corrected chi connectivity index (χ1v) is 5.89. The molecule has 1 saturated heterocycles. The molecule has 0 aromatic heterocycles. The van der Waals surface area contributed by atoms with Gasteiger partial charge in [-0.05, 0) is 6.42 Å². The van der Waals surface area contributed by atoms with E-state index in [1.54, 1.807) is 4.90 Å². The van der Waals surface area contributed by atoms with Gasteiger partial charge in [0.1, 0.15) is 0 Å². The standard InChI is InChI=1S/C11H21NO3/c1-2-3-4-5-8-15-11(13)12-6-9-14-10-7-12/h2-10H2,1H3/p+1. The average molecular weight is 216 g/mol. The lowest BCUT2D eigenvalue weighted by molar-refractivity contribution is -0.0861. The number of unbranched alkanes of at least 4 members (excludes halogenated alkanes) is 3. The summed E-state index contributed by atoms with van der Waals surface area (Å²) >= 11 is 0. The number of hydrogen-bond donors (Lipinski definition) is 0. The van der Waals surface area contributed by atoms with Crippen LogP contribution in [0.15, 0.2) is 0 Å². The van der Waals surface area contributed by atoms with E-state index in [2.05, 4.69) is 11.7 Å². The third-order valence-electron chi connectivity index (χ3n) is 2.54. The molecule has 1 aliphatic heterocycles. The molecule has 88 valence electrons. The monoisotopic (exact) mass is 216 g/mol. The predicted octanol–water partition coefficient (Wildman–Crippen LogP) is 1.55. The number of carbonyl (C=O) groups is 1. The second-order valence-electron chi connectivity index (χ2n) is 3.83. The third-order valence-corrected chi connectivity index (χ3v) is 2.54. The summed E-state index contributed by atoms with van der Waals surface area (Å²) < 4.78 is 9.35. The minimum atomic E-state index is -0.165. The summed E-state index contributed by atoms with van der Waals surface area (Å²) in [5.74, 6) is 0. The molecule has 0 atom stereocenters. The summed E-state index contributed by atoms with van der Waals surface area (Å²) in [6.07, 6.45) is 4.40. The fraction of sp³-hybridized carbons (Fsp3) is 0.909. The normalized spacial score (nSPS) is 16.5. The first-order valence-electron chi connectivity index (χ1n) is 5.89. The van der Waals surface area contributed by atoms with Crippen molar-refractivity contribution in [2.45, 2.75) is 32.6 Å². The summed E-state index contributed by atoms with van der Waals surface area (Å²) in [5, 5.41) is 0. The van der Waals surface area contributed by atoms with Crippen molar-refractivity contribution in [2.24, 2.45) is 0 Å². The van der Waals surface area contributed by atoms with Gasteiger partial charge in [0, 0.05) is 0 Å². The molecule has 0 spiro atoms. The summed E-state index contributed by atoms with van der Waals surface area (Å²) in [5.41, 5.74) is 0. The Kier molecular flexibility index (Phi) is 6.16. The van der Waals surface area contributed by atoms with Crippen LogP contribution in [0.1, 0.15) is 32.6 Å². The fourth-order valence-electron chi connectivity index (χ4n) is 1.57. The van der Waals surface area contributed by atoms with Gasteiger partial charge in [-0.3, -0.25) is 4.90 Å². The Bertz CT molecular complexity index is 179. The Labute approximate surface area is 91.5 Å². The molecule has 1 amide bonds. The molecule has 4 nitrogen and oxygen atoms in total. The van der Waals surface area contributed by atoms with Crippen molar-refractivity contribution in [3.8, 4) is 0 Å². The molecule has 0 aromatic carbocycles. The van der Waals surface area contributed by atoms with E-state index in [0.29, 0.717) is 19.7 Å². The van der Waals surface area contributed by atoms with Gasteiger partial charge >= 0.3 is 6.09 Å². The van der Waals surface area contributed by atoms with Crippen LogP contribution in [0.5, 0.6) is 0 Å². The summed E-state index contributed by atoms with van der Waals surface area (Å²) in [6.45, 7) is 5.67. The van der Waals surface area contributed by atoms with E-state index in [4.69, 9.17) is 4.74 Å². The van der Waals surface area contributed by atoms with E-state index in [0.717, 1.165) is 26.1 Å². The molecule has 1 aliphatic rings. The Morgan fingerprint density at radius 1 is 1.27 bits per heavy atom. The highest BCUT2D eigenvalue weighted by Crippen LogP contribution is 2.02. The minimum Gasteiger partial charge on any atom is -0.449 e. The molecule has 0 radical (unpaired) electrons. The maximum absolute atomic E-state index is 11.5. The van der Waals surface area contributed by atoms with Gasteiger partial charge in [0.2, 0.25) is 0 Å². The van der Waals surface area contributed by atoms with Gasteiger partial charge < -0.3 is 9.47 Å². The lowest BCUT2D eigenvalue weighted by Gasteiger charge is -2.23. The molecule has 15 heavy (non-hydrogen) atoms. The summed E-state index contributed by atoms with van der Waals surface area (Å²) in [7, 11) is 0. The van der Waals surface area contributed by atoms with Crippen molar-refractivity contribution in [2.75, 3.05) is 32.9 Å². The number of morpholine rings is 1. The first-order chi connectivity index (χ1) is 7.34. The Morgan fingerprint density at radius 2 is 2.00 bits per heavy atom. The molecule has 0 saturated carbocycles. The van der Waals surface area contributed by atoms with Gasteiger partial charge in [-0.15, -0.1) is 0 Å². The van der Waals surface area contributed by atoms with Gasteiger partial charge in [-0.25, -0.2) is 4.79 Å². The second-order valence-corrected chi connectivity index (χ2v) is 3.83. The van der Waals surface area contributed by atoms with E-state index in [1.165, 1.54) is 12.8 Å². The lowest BCUT2D eigenvalue weighted by atomic mass is 10.2. The molecule has 4 heteroatoms. The van der Waals surface area contributed by atoms with Crippen molar-refractivity contribution in [1.29, 1.82) is 0 Å². The van der Waals surface area contributed by atoms with Crippen LogP contribution in [0.3, 0.4) is 0 Å². The minimum absolute atomic E-state index is 0.165. The number of aliphatic hydroxyl groups is 2. The number of rotatable bonds is 5. The van der Waals surface area contributed by atoms with Crippen LogP contribution in [0.2, 0.25) is 0 Å². The van der Waals surface area contributed by atoms with Crippen LogP contribution in [-0.4, -0.2) is 48.6 Å². The SMILES string of the molecule is CCCCCCOC(=O)N1CC[OH+]CC1. The number of nitrogens with zero attached hydrogens (tertiary/aromatic N) is 1. The van der Waals surface area contributed by atoms with Crippen molar-refractivity contribution in [1.82, 2.24) is 4.90 Å². The van der Waals surface area contributed by atoms with E-state index in [9.17, 15) is 4.79 Å². The molecule has 1 N–H and O–H groups in total.